The highest BCUT2D eigenvalue weighted by atomic mass is 32.1. The second kappa shape index (κ2) is 9.45. The number of nitrogens with one attached hydrogen (secondary N) is 1. The molecular weight excluding hydrogens is 432 g/mol. The van der Waals surface area contributed by atoms with Gasteiger partial charge in [0.05, 0.1) is 11.6 Å². The summed E-state index contributed by atoms with van der Waals surface area (Å²) >= 11 is 1.50. The van der Waals surface area contributed by atoms with E-state index in [9.17, 15) is 9.59 Å². The van der Waals surface area contributed by atoms with E-state index in [-0.39, 0.29) is 17.7 Å². The zero-order valence-electron chi connectivity index (χ0n) is 18.8. The highest BCUT2D eigenvalue weighted by molar-refractivity contribution is 7.16. The first-order chi connectivity index (χ1) is 16.1. The van der Waals surface area contributed by atoms with Gasteiger partial charge in [-0.3, -0.25) is 19.8 Å². The summed E-state index contributed by atoms with van der Waals surface area (Å²) in [6.45, 7) is 6.18. The van der Waals surface area contributed by atoms with Crippen LogP contribution in [0.15, 0.2) is 54.6 Å². The molecule has 0 saturated carbocycles. The Morgan fingerprint density at radius 1 is 1.03 bits per heavy atom. The van der Waals surface area contributed by atoms with Gasteiger partial charge in [0.2, 0.25) is 5.91 Å². The molecule has 1 N–H and O–H groups in total. The molecule has 0 radical (unpaired) electrons. The van der Waals surface area contributed by atoms with Crippen LogP contribution >= 0.6 is 11.3 Å². The molecule has 170 valence electrons. The molecule has 1 fully saturated rings. The molecule has 7 heteroatoms. The van der Waals surface area contributed by atoms with Gasteiger partial charge in [-0.1, -0.05) is 48.0 Å². The normalized spacial score (nSPS) is 18.2. The third kappa shape index (κ3) is 4.84. The highest BCUT2D eigenvalue weighted by Gasteiger charge is 2.36. The van der Waals surface area contributed by atoms with Gasteiger partial charge in [-0.15, -0.1) is 11.3 Å². The average molecular weight is 461 g/mol. The Morgan fingerprint density at radius 3 is 2.48 bits per heavy atom. The lowest BCUT2D eigenvalue weighted by atomic mass is 10.1. The van der Waals surface area contributed by atoms with E-state index in [0.717, 1.165) is 61.7 Å². The van der Waals surface area contributed by atoms with Crippen LogP contribution in [0.4, 0.5) is 5.13 Å². The number of fused-ring (bicyclic) bond motifs is 1. The number of hydrogen-bond acceptors (Lipinski definition) is 5. The van der Waals surface area contributed by atoms with E-state index in [1.807, 2.05) is 42.2 Å². The fraction of sp³-hybridized carbons (Fsp3) is 0.346. The van der Waals surface area contributed by atoms with Crippen molar-refractivity contribution in [3.05, 3.63) is 81.9 Å². The zero-order chi connectivity index (χ0) is 22.8. The molecule has 6 nitrogen and oxygen atoms in total. The molecule has 1 aromatic heterocycles. The van der Waals surface area contributed by atoms with Crippen molar-refractivity contribution in [3.63, 3.8) is 0 Å². The third-order valence-corrected chi connectivity index (χ3v) is 7.53. The maximum absolute atomic E-state index is 13.3. The van der Waals surface area contributed by atoms with Crippen molar-refractivity contribution >= 4 is 28.3 Å². The van der Waals surface area contributed by atoms with Gasteiger partial charge in [0, 0.05) is 43.2 Å². The lowest BCUT2D eigenvalue weighted by Gasteiger charge is -2.36. The lowest BCUT2D eigenvalue weighted by Crippen LogP contribution is -2.49. The van der Waals surface area contributed by atoms with Crippen LogP contribution < -0.4 is 5.32 Å². The molecule has 1 atom stereocenters. The number of thiazole rings is 1. The number of aryl methyl sites for hydroxylation is 2. The molecule has 2 aromatic carbocycles. The molecule has 33 heavy (non-hydrogen) atoms. The Kier molecular flexibility index (Phi) is 6.24. The molecule has 1 saturated heterocycles. The van der Waals surface area contributed by atoms with E-state index in [0.29, 0.717) is 10.7 Å². The molecule has 1 aliphatic carbocycles. The SMILES string of the molecule is Cc1ccc(C(=O)Nc2nc3c(s2)CCC3C(=O)N2CCN(Cc3ccccc3)CC2)cc1. The molecule has 2 heterocycles. The van der Waals surface area contributed by atoms with Gasteiger partial charge in [-0.2, -0.15) is 0 Å². The summed E-state index contributed by atoms with van der Waals surface area (Å²) < 4.78 is 0. The molecule has 2 amide bonds. The standard InChI is InChI=1S/C26H28N4O2S/c1-18-7-9-20(10-8-18)24(31)28-26-27-23-21(11-12-22(23)33-26)25(32)30-15-13-29(14-16-30)17-19-5-3-2-4-6-19/h2-10,21H,11-17H2,1H3,(H,27,28,31). The molecule has 3 aromatic rings. The van der Waals surface area contributed by atoms with Gasteiger partial charge >= 0.3 is 0 Å². The Balaban J connectivity index is 1.19. The van der Waals surface area contributed by atoms with Crippen molar-refractivity contribution in [2.45, 2.75) is 32.2 Å². The first-order valence-electron chi connectivity index (χ1n) is 11.5. The van der Waals surface area contributed by atoms with Gasteiger partial charge in [0.25, 0.3) is 5.91 Å². The second-order valence-electron chi connectivity index (χ2n) is 8.83. The summed E-state index contributed by atoms with van der Waals surface area (Å²) in [7, 11) is 0. The smallest absolute Gasteiger partial charge is 0.257 e. The quantitative estimate of drug-likeness (QED) is 0.623. The van der Waals surface area contributed by atoms with Crippen LogP contribution in [0, 0.1) is 6.92 Å². The lowest BCUT2D eigenvalue weighted by molar-refractivity contribution is -0.134. The summed E-state index contributed by atoms with van der Waals surface area (Å²) in [6.07, 6.45) is 1.65. The van der Waals surface area contributed by atoms with Crippen LogP contribution in [0.5, 0.6) is 0 Å². The highest BCUT2D eigenvalue weighted by Crippen LogP contribution is 2.39. The molecule has 1 unspecified atom stereocenters. The number of amides is 2. The van der Waals surface area contributed by atoms with Crippen molar-refractivity contribution < 1.29 is 9.59 Å². The number of carbonyl (C=O) groups is 2. The minimum Gasteiger partial charge on any atom is -0.340 e. The second-order valence-corrected chi connectivity index (χ2v) is 9.91. The molecule has 5 rings (SSSR count). The van der Waals surface area contributed by atoms with Crippen LogP contribution in [-0.2, 0) is 17.8 Å². The van der Waals surface area contributed by atoms with E-state index in [4.69, 9.17) is 0 Å². The van der Waals surface area contributed by atoms with Gasteiger partial charge in [0.1, 0.15) is 0 Å². The van der Waals surface area contributed by atoms with E-state index in [1.54, 1.807) is 0 Å². The number of rotatable bonds is 5. The maximum atomic E-state index is 13.3. The average Bonchev–Trinajstić information content (AvgIpc) is 3.40. The number of aromatic nitrogens is 1. The maximum Gasteiger partial charge on any atom is 0.257 e. The Bertz CT molecular complexity index is 1130. The summed E-state index contributed by atoms with van der Waals surface area (Å²) in [5.74, 6) is -0.184. The largest absolute Gasteiger partial charge is 0.340 e. The van der Waals surface area contributed by atoms with E-state index >= 15 is 0 Å². The zero-order valence-corrected chi connectivity index (χ0v) is 19.6. The van der Waals surface area contributed by atoms with Crippen molar-refractivity contribution in [1.82, 2.24) is 14.8 Å². The van der Waals surface area contributed by atoms with Crippen LogP contribution in [0.25, 0.3) is 0 Å². The molecule has 2 aliphatic rings. The van der Waals surface area contributed by atoms with E-state index in [1.165, 1.54) is 16.9 Å². The van der Waals surface area contributed by atoms with Crippen molar-refractivity contribution in [2.24, 2.45) is 0 Å². The molecule has 1 aliphatic heterocycles. The predicted octanol–water partition coefficient (Wildman–Crippen LogP) is 4.08. The van der Waals surface area contributed by atoms with Crippen molar-refractivity contribution in [2.75, 3.05) is 31.5 Å². The predicted molar refractivity (Wildman–Crippen MR) is 131 cm³/mol. The fourth-order valence-corrected chi connectivity index (χ4v) is 5.62. The Hall–Kier alpha value is -3.03. The number of hydrogen-bond donors (Lipinski definition) is 1. The first-order valence-corrected chi connectivity index (χ1v) is 12.3. The van der Waals surface area contributed by atoms with Crippen LogP contribution in [-0.4, -0.2) is 52.8 Å². The van der Waals surface area contributed by atoms with Gasteiger partial charge < -0.3 is 4.90 Å². The Morgan fingerprint density at radius 2 is 1.76 bits per heavy atom. The minimum absolute atomic E-state index is 0.167. The summed E-state index contributed by atoms with van der Waals surface area (Å²) in [4.78, 5) is 36.0. The first kappa shape index (κ1) is 21.8. The number of piperazine rings is 1. The number of benzene rings is 2. The number of nitrogens with zero attached hydrogens (tertiary/aromatic N) is 3. The minimum atomic E-state index is -0.193. The van der Waals surface area contributed by atoms with Crippen LogP contribution in [0.1, 0.15) is 44.4 Å². The topological polar surface area (TPSA) is 65.5 Å². The van der Waals surface area contributed by atoms with Gasteiger partial charge in [0.15, 0.2) is 5.13 Å². The number of anilines is 1. The summed E-state index contributed by atoms with van der Waals surface area (Å²) in [6, 6.07) is 17.9. The van der Waals surface area contributed by atoms with Gasteiger partial charge in [-0.05, 0) is 37.5 Å². The summed E-state index contributed by atoms with van der Waals surface area (Å²) in [5, 5.41) is 3.49. The van der Waals surface area contributed by atoms with Gasteiger partial charge in [-0.25, -0.2) is 4.98 Å². The summed E-state index contributed by atoms with van der Waals surface area (Å²) in [5.41, 5.74) is 3.88. The van der Waals surface area contributed by atoms with E-state index < -0.39 is 0 Å². The third-order valence-electron chi connectivity index (χ3n) is 6.48. The van der Waals surface area contributed by atoms with Crippen LogP contribution in [0.3, 0.4) is 0 Å². The Labute approximate surface area is 198 Å². The van der Waals surface area contributed by atoms with Crippen molar-refractivity contribution in [3.8, 4) is 0 Å². The van der Waals surface area contributed by atoms with Crippen LogP contribution in [0.2, 0.25) is 0 Å². The molecular formula is C26H28N4O2S. The van der Waals surface area contributed by atoms with Crippen molar-refractivity contribution in [1.29, 1.82) is 0 Å². The fourth-order valence-electron chi connectivity index (χ4n) is 4.58. The van der Waals surface area contributed by atoms with E-state index in [2.05, 4.69) is 39.5 Å². The number of carbonyl (C=O) groups excluding carboxylic acids is 2. The molecule has 0 bridgehead atoms. The molecule has 0 spiro atoms. The monoisotopic (exact) mass is 460 g/mol.